The smallest absolute Gasteiger partial charge is 0.273 e. The molecule has 6 rings (SSSR count). The fraction of sp³-hybridized carbons (Fsp3) is 0.120. The van der Waals surface area contributed by atoms with Crippen molar-refractivity contribution in [2.45, 2.75) is 18.9 Å². The molecule has 0 spiro atoms. The molecule has 1 unspecified atom stereocenters. The first-order valence-electron chi connectivity index (χ1n) is 10.5. The van der Waals surface area contributed by atoms with E-state index in [1.165, 1.54) is 11.1 Å². The van der Waals surface area contributed by atoms with Crippen LogP contribution < -0.4 is 5.32 Å². The van der Waals surface area contributed by atoms with Crippen molar-refractivity contribution in [3.8, 4) is 16.3 Å². The number of carbonyl (C=O) groups excluding carboxylic acids is 1. The average molecular weight is 438 g/mol. The zero-order valence-electron chi connectivity index (χ0n) is 17.1. The number of fused-ring (bicyclic) bond motifs is 2. The van der Waals surface area contributed by atoms with Crippen molar-refractivity contribution in [3.63, 3.8) is 0 Å². The molecule has 6 nitrogen and oxygen atoms in total. The predicted octanol–water partition coefficient (Wildman–Crippen LogP) is 4.96. The second-order valence-corrected chi connectivity index (χ2v) is 8.69. The van der Waals surface area contributed by atoms with E-state index >= 15 is 0 Å². The lowest BCUT2D eigenvalue weighted by Crippen LogP contribution is -2.27. The summed E-state index contributed by atoms with van der Waals surface area (Å²) >= 11 is 1.63. The Morgan fingerprint density at radius 1 is 1.00 bits per heavy atom. The standard InChI is InChI=1S/C25H19N5OS/c31-25(28-19-11-10-16-6-1-2-7-17(16)19)23-22-18(20-8-5-15-32-20)12-14-27-24(22)30(29-23)21-9-3-4-13-26-21/h1-9,12-15,19H,10-11H2,(H,28,31). The Morgan fingerprint density at radius 3 is 2.75 bits per heavy atom. The highest BCUT2D eigenvalue weighted by molar-refractivity contribution is 7.13. The fourth-order valence-electron chi connectivity index (χ4n) is 4.41. The maximum absolute atomic E-state index is 13.6. The summed E-state index contributed by atoms with van der Waals surface area (Å²) in [6, 6.07) is 19.9. The van der Waals surface area contributed by atoms with E-state index in [1.54, 1.807) is 28.4 Å². The molecule has 0 saturated heterocycles. The van der Waals surface area contributed by atoms with Crippen LogP contribution in [0.2, 0.25) is 0 Å². The number of rotatable bonds is 4. The van der Waals surface area contributed by atoms with Crippen molar-refractivity contribution in [1.82, 2.24) is 25.1 Å². The summed E-state index contributed by atoms with van der Waals surface area (Å²) in [5.74, 6) is 0.427. The molecule has 7 heteroatoms. The number of aromatic nitrogens is 4. The largest absolute Gasteiger partial charge is 0.344 e. The normalized spacial score (nSPS) is 15.1. The van der Waals surface area contributed by atoms with Gasteiger partial charge >= 0.3 is 0 Å². The summed E-state index contributed by atoms with van der Waals surface area (Å²) in [5.41, 5.74) is 4.41. The Bertz CT molecular complexity index is 1430. The zero-order chi connectivity index (χ0) is 21.5. The number of thiophene rings is 1. The molecule has 4 aromatic heterocycles. The van der Waals surface area contributed by atoms with E-state index in [-0.39, 0.29) is 11.9 Å². The van der Waals surface area contributed by atoms with Crippen molar-refractivity contribution in [1.29, 1.82) is 0 Å². The lowest BCUT2D eigenvalue weighted by Gasteiger charge is -2.13. The van der Waals surface area contributed by atoms with Gasteiger partial charge in [-0.3, -0.25) is 4.79 Å². The summed E-state index contributed by atoms with van der Waals surface area (Å²) in [4.78, 5) is 23.6. The predicted molar refractivity (Wildman–Crippen MR) is 125 cm³/mol. The maximum Gasteiger partial charge on any atom is 0.273 e. The molecule has 0 bridgehead atoms. The molecule has 156 valence electrons. The molecule has 1 aromatic carbocycles. The van der Waals surface area contributed by atoms with Gasteiger partial charge in [-0.25, -0.2) is 9.97 Å². The average Bonchev–Trinajstić information content (AvgIpc) is 3.59. The van der Waals surface area contributed by atoms with Gasteiger partial charge in [-0.2, -0.15) is 9.78 Å². The molecule has 1 aliphatic carbocycles. The number of pyridine rings is 2. The quantitative estimate of drug-likeness (QED) is 0.431. The SMILES string of the molecule is O=C(NC1CCc2ccccc21)c1nn(-c2ccccn2)c2nccc(-c3cccs3)c12. The van der Waals surface area contributed by atoms with Crippen LogP contribution in [0.1, 0.15) is 34.1 Å². The molecule has 0 saturated carbocycles. The monoisotopic (exact) mass is 437 g/mol. The molecule has 5 aromatic rings. The number of aryl methyl sites for hydroxylation is 1. The molecule has 0 aliphatic heterocycles. The lowest BCUT2D eigenvalue weighted by atomic mass is 10.1. The van der Waals surface area contributed by atoms with Gasteiger partial charge < -0.3 is 5.32 Å². The Hall–Kier alpha value is -3.84. The molecule has 1 N–H and O–H groups in total. The second kappa shape index (κ2) is 7.69. The highest BCUT2D eigenvalue weighted by atomic mass is 32.1. The summed E-state index contributed by atoms with van der Waals surface area (Å²) in [6.07, 6.45) is 5.32. The minimum Gasteiger partial charge on any atom is -0.344 e. The van der Waals surface area contributed by atoms with Crippen LogP contribution in [0.25, 0.3) is 27.3 Å². The van der Waals surface area contributed by atoms with Gasteiger partial charge in [-0.1, -0.05) is 36.4 Å². The number of nitrogens with zero attached hydrogens (tertiary/aromatic N) is 4. The van der Waals surface area contributed by atoms with E-state index in [1.807, 2.05) is 53.9 Å². The van der Waals surface area contributed by atoms with Crippen molar-refractivity contribution < 1.29 is 4.79 Å². The van der Waals surface area contributed by atoms with Crippen molar-refractivity contribution in [3.05, 3.63) is 95.3 Å². The first-order valence-corrected chi connectivity index (χ1v) is 11.4. The van der Waals surface area contributed by atoms with Gasteiger partial charge in [0.15, 0.2) is 17.2 Å². The molecular formula is C25H19N5OS. The van der Waals surface area contributed by atoms with E-state index in [0.29, 0.717) is 17.2 Å². The van der Waals surface area contributed by atoms with Crippen LogP contribution in [0.4, 0.5) is 0 Å². The van der Waals surface area contributed by atoms with Crippen molar-refractivity contribution in [2.24, 2.45) is 0 Å². The van der Waals surface area contributed by atoms with Crippen molar-refractivity contribution >= 4 is 28.3 Å². The van der Waals surface area contributed by atoms with E-state index < -0.39 is 0 Å². The first-order chi connectivity index (χ1) is 15.8. The van der Waals surface area contributed by atoms with Crippen LogP contribution in [0, 0.1) is 0 Å². The van der Waals surface area contributed by atoms with Gasteiger partial charge in [0.1, 0.15) is 0 Å². The van der Waals surface area contributed by atoms with E-state index in [0.717, 1.165) is 28.7 Å². The minimum absolute atomic E-state index is 0.0180. The second-order valence-electron chi connectivity index (χ2n) is 7.75. The first kappa shape index (κ1) is 18.9. The maximum atomic E-state index is 13.6. The number of amides is 1. The van der Waals surface area contributed by atoms with Crippen LogP contribution in [0.15, 0.2) is 78.4 Å². The van der Waals surface area contributed by atoms with Crippen LogP contribution >= 0.6 is 11.3 Å². The van der Waals surface area contributed by atoms with Gasteiger partial charge in [-0.15, -0.1) is 11.3 Å². The van der Waals surface area contributed by atoms with Gasteiger partial charge in [0.25, 0.3) is 5.91 Å². The van der Waals surface area contributed by atoms with Crippen LogP contribution in [-0.4, -0.2) is 25.7 Å². The number of hydrogen-bond acceptors (Lipinski definition) is 5. The van der Waals surface area contributed by atoms with E-state index in [2.05, 4.69) is 27.4 Å². The molecule has 32 heavy (non-hydrogen) atoms. The zero-order valence-corrected chi connectivity index (χ0v) is 17.9. The Kier molecular flexibility index (Phi) is 4.54. The van der Waals surface area contributed by atoms with E-state index in [4.69, 9.17) is 5.10 Å². The molecule has 1 atom stereocenters. The topological polar surface area (TPSA) is 72.7 Å². The van der Waals surface area contributed by atoms with E-state index in [9.17, 15) is 4.79 Å². The Balaban J connectivity index is 1.49. The van der Waals surface area contributed by atoms with Crippen LogP contribution in [0.3, 0.4) is 0 Å². The molecule has 1 amide bonds. The third-order valence-electron chi connectivity index (χ3n) is 5.87. The molecule has 4 heterocycles. The van der Waals surface area contributed by atoms with Gasteiger partial charge in [0.05, 0.1) is 11.4 Å². The molecule has 1 aliphatic rings. The lowest BCUT2D eigenvalue weighted by molar-refractivity contribution is 0.0933. The molecular weight excluding hydrogens is 418 g/mol. The summed E-state index contributed by atoms with van der Waals surface area (Å²) < 4.78 is 1.66. The summed E-state index contributed by atoms with van der Waals surface area (Å²) in [7, 11) is 0. The molecule has 0 radical (unpaired) electrons. The number of carbonyl (C=O) groups is 1. The van der Waals surface area contributed by atoms with Gasteiger partial charge in [-0.05, 0) is 53.6 Å². The summed E-state index contributed by atoms with van der Waals surface area (Å²) in [6.45, 7) is 0. The van der Waals surface area contributed by atoms with Crippen LogP contribution in [0.5, 0.6) is 0 Å². The summed E-state index contributed by atoms with van der Waals surface area (Å²) in [5, 5.41) is 10.7. The Morgan fingerprint density at radius 2 is 1.91 bits per heavy atom. The highest BCUT2D eigenvalue weighted by Crippen LogP contribution is 2.35. The van der Waals surface area contributed by atoms with Gasteiger partial charge in [0, 0.05) is 22.8 Å². The molecule has 0 fully saturated rings. The number of hydrogen-bond donors (Lipinski definition) is 1. The van der Waals surface area contributed by atoms with Crippen molar-refractivity contribution in [2.75, 3.05) is 0 Å². The third kappa shape index (κ3) is 3.09. The van der Waals surface area contributed by atoms with Crippen LogP contribution in [-0.2, 0) is 6.42 Å². The fourth-order valence-corrected chi connectivity index (χ4v) is 5.17. The highest BCUT2D eigenvalue weighted by Gasteiger charge is 2.28. The number of benzene rings is 1. The third-order valence-corrected chi connectivity index (χ3v) is 6.78. The number of nitrogens with one attached hydrogen (secondary N) is 1. The Labute approximate surface area is 188 Å². The van der Waals surface area contributed by atoms with Gasteiger partial charge in [0.2, 0.25) is 0 Å². The minimum atomic E-state index is -0.197.